The van der Waals surface area contributed by atoms with Gasteiger partial charge in [0.1, 0.15) is 0 Å². The smallest absolute Gasteiger partial charge is 0.0823 e. The number of benzene rings is 1. The summed E-state index contributed by atoms with van der Waals surface area (Å²) in [4.78, 5) is 0. The van der Waals surface area contributed by atoms with E-state index in [1.165, 1.54) is 0 Å². The van der Waals surface area contributed by atoms with Gasteiger partial charge in [-0.2, -0.15) is 0 Å². The highest BCUT2D eigenvalue weighted by molar-refractivity contribution is 6.43. The zero-order valence-electron chi connectivity index (χ0n) is 8.76. The first kappa shape index (κ1) is 12.4. The molecule has 1 aromatic rings. The van der Waals surface area contributed by atoms with Crippen molar-refractivity contribution >= 4 is 28.9 Å². The Morgan fingerprint density at radius 1 is 1.47 bits per heavy atom. The predicted molar refractivity (Wildman–Crippen MR) is 69.0 cm³/mol. The zero-order valence-corrected chi connectivity index (χ0v) is 10.3. The van der Waals surface area contributed by atoms with Crippen molar-refractivity contribution in [1.82, 2.24) is 0 Å². The highest BCUT2D eigenvalue weighted by Gasteiger charge is 2.06. The summed E-state index contributed by atoms with van der Waals surface area (Å²) in [6.07, 6.45) is 3.94. The second kappa shape index (κ2) is 6.04. The maximum atomic E-state index is 6.06. The van der Waals surface area contributed by atoms with E-state index < -0.39 is 0 Å². The number of rotatable bonds is 5. The minimum Gasteiger partial charge on any atom is -0.381 e. The average molecular weight is 244 g/mol. The van der Waals surface area contributed by atoms with Gasteiger partial charge in [0.05, 0.1) is 15.7 Å². The molecular formula is C12H15Cl2N. The molecule has 0 heterocycles. The molecule has 1 nitrogen and oxygen atoms in total. The second-order valence-electron chi connectivity index (χ2n) is 3.51. The number of nitrogens with one attached hydrogen (secondary N) is 1. The molecule has 1 rings (SSSR count). The molecule has 1 aromatic carbocycles. The Morgan fingerprint density at radius 2 is 2.20 bits per heavy atom. The summed E-state index contributed by atoms with van der Waals surface area (Å²) in [5.41, 5.74) is 0.890. The second-order valence-corrected chi connectivity index (χ2v) is 4.30. The molecule has 1 unspecified atom stereocenters. The molecule has 0 radical (unpaired) electrons. The summed E-state index contributed by atoms with van der Waals surface area (Å²) in [5, 5.41) is 4.49. The van der Waals surface area contributed by atoms with E-state index in [9.17, 15) is 0 Å². The van der Waals surface area contributed by atoms with Gasteiger partial charge in [-0.05, 0) is 31.9 Å². The zero-order chi connectivity index (χ0) is 11.3. The molecule has 0 aliphatic rings. The van der Waals surface area contributed by atoms with Gasteiger partial charge in [0, 0.05) is 6.04 Å². The van der Waals surface area contributed by atoms with E-state index >= 15 is 0 Å². The highest BCUT2D eigenvalue weighted by Crippen LogP contribution is 2.30. The summed E-state index contributed by atoms with van der Waals surface area (Å²) < 4.78 is 0. The third-order valence-corrected chi connectivity index (χ3v) is 2.98. The molecule has 0 spiro atoms. The standard InChI is InChI=1S/C12H15Cl2N/c1-3-4-6-9(2)15-11-8-5-7-10(13)12(11)14/h3,5,7-9,15H,1,4,6H2,2H3. The van der Waals surface area contributed by atoms with Crippen LogP contribution in [0.5, 0.6) is 0 Å². The van der Waals surface area contributed by atoms with Crippen LogP contribution in [0, 0.1) is 0 Å². The van der Waals surface area contributed by atoms with Gasteiger partial charge >= 0.3 is 0 Å². The SMILES string of the molecule is C=CCCC(C)Nc1cccc(Cl)c1Cl. The fraction of sp³-hybridized carbons (Fsp3) is 0.333. The lowest BCUT2D eigenvalue weighted by Gasteiger charge is -2.15. The first-order valence-electron chi connectivity index (χ1n) is 4.96. The molecule has 0 aromatic heterocycles. The number of allylic oxidation sites excluding steroid dienone is 1. The van der Waals surface area contributed by atoms with Crippen molar-refractivity contribution < 1.29 is 0 Å². The van der Waals surface area contributed by atoms with Crippen molar-refractivity contribution in [2.24, 2.45) is 0 Å². The Labute approximate surface area is 101 Å². The monoisotopic (exact) mass is 243 g/mol. The van der Waals surface area contributed by atoms with E-state index in [4.69, 9.17) is 23.2 Å². The Kier molecular flexibility index (Phi) is 5.00. The highest BCUT2D eigenvalue weighted by atomic mass is 35.5. The van der Waals surface area contributed by atoms with Crippen molar-refractivity contribution in [1.29, 1.82) is 0 Å². The maximum Gasteiger partial charge on any atom is 0.0823 e. The van der Waals surface area contributed by atoms with Crippen molar-refractivity contribution in [2.45, 2.75) is 25.8 Å². The first-order valence-corrected chi connectivity index (χ1v) is 5.72. The lowest BCUT2D eigenvalue weighted by Crippen LogP contribution is -2.14. The summed E-state index contributed by atoms with van der Waals surface area (Å²) in [6.45, 7) is 5.81. The molecule has 0 fully saturated rings. The van der Waals surface area contributed by atoms with Crippen LogP contribution in [-0.4, -0.2) is 6.04 Å². The topological polar surface area (TPSA) is 12.0 Å². The Hall–Kier alpha value is -0.660. The van der Waals surface area contributed by atoms with Crippen molar-refractivity contribution in [2.75, 3.05) is 5.32 Å². The summed E-state index contributed by atoms with van der Waals surface area (Å²) in [7, 11) is 0. The van der Waals surface area contributed by atoms with E-state index in [0.717, 1.165) is 18.5 Å². The van der Waals surface area contributed by atoms with Crippen molar-refractivity contribution in [3.05, 3.63) is 40.9 Å². The van der Waals surface area contributed by atoms with Gasteiger partial charge in [-0.3, -0.25) is 0 Å². The molecular weight excluding hydrogens is 229 g/mol. The summed E-state index contributed by atoms with van der Waals surface area (Å²) in [6, 6.07) is 5.96. The van der Waals surface area contributed by atoms with Crippen LogP contribution in [0.3, 0.4) is 0 Å². The van der Waals surface area contributed by atoms with Gasteiger partial charge in [0.2, 0.25) is 0 Å². The van der Waals surface area contributed by atoms with Crippen LogP contribution >= 0.6 is 23.2 Å². The normalized spacial score (nSPS) is 12.2. The predicted octanol–water partition coefficient (Wildman–Crippen LogP) is 4.76. The minimum absolute atomic E-state index is 0.360. The molecule has 1 N–H and O–H groups in total. The lowest BCUT2D eigenvalue weighted by molar-refractivity contribution is 0.719. The molecule has 82 valence electrons. The van der Waals surface area contributed by atoms with E-state index in [0.29, 0.717) is 16.1 Å². The fourth-order valence-corrected chi connectivity index (χ4v) is 1.68. The Morgan fingerprint density at radius 3 is 2.87 bits per heavy atom. The molecule has 0 saturated carbocycles. The molecule has 0 aliphatic carbocycles. The first-order chi connectivity index (χ1) is 7.15. The fourth-order valence-electron chi connectivity index (χ4n) is 1.32. The molecule has 0 bridgehead atoms. The maximum absolute atomic E-state index is 6.06. The van der Waals surface area contributed by atoms with Crippen LogP contribution in [0.25, 0.3) is 0 Å². The lowest BCUT2D eigenvalue weighted by atomic mass is 10.1. The van der Waals surface area contributed by atoms with Crippen LogP contribution in [-0.2, 0) is 0 Å². The average Bonchev–Trinajstić information content (AvgIpc) is 2.22. The molecule has 3 heteroatoms. The van der Waals surface area contributed by atoms with Crippen LogP contribution in [0.4, 0.5) is 5.69 Å². The number of hydrogen-bond acceptors (Lipinski definition) is 1. The van der Waals surface area contributed by atoms with Gasteiger partial charge in [-0.15, -0.1) is 6.58 Å². The van der Waals surface area contributed by atoms with Gasteiger partial charge in [0.25, 0.3) is 0 Å². The van der Waals surface area contributed by atoms with Crippen LogP contribution in [0.15, 0.2) is 30.9 Å². The molecule has 15 heavy (non-hydrogen) atoms. The molecule has 1 atom stereocenters. The Balaban J connectivity index is 2.63. The number of hydrogen-bond donors (Lipinski definition) is 1. The van der Waals surface area contributed by atoms with Crippen LogP contribution in [0.1, 0.15) is 19.8 Å². The van der Waals surface area contributed by atoms with E-state index in [-0.39, 0.29) is 0 Å². The summed E-state index contributed by atoms with van der Waals surface area (Å²) >= 11 is 12.0. The molecule has 0 aliphatic heterocycles. The van der Waals surface area contributed by atoms with Crippen LogP contribution < -0.4 is 5.32 Å². The third-order valence-electron chi connectivity index (χ3n) is 2.16. The van der Waals surface area contributed by atoms with E-state index in [1.807, 2.05) is 18.2 Å². The molecule has 0 amide bonds. The molecule has 0 saturated heterocycles. The van der Waals surface area contributed by atoms with Gasteiger partial charge in [0.15, 0.2) is 0 Å². The van der Waals surface area contributed by atoms with Crippen LogP contribution in [0.2, 0.25) is 10.0 Å². The third kappa shape index (κ3) is 3.77. The van der Waals surface area contributed by atoms with Gasteiger partial charge < -0.3 is 5.32 Å². The summed E-state index contributed by atoms with van der Waals surface area (Å²) in [5.74, 6) is 0. The number of anilines is 1. The van der Waals surface area contributed by atoms with Gasteiger partial charge in [-0.25, -0.2) is 0 Å². The van der Waals surface area contributed by atoms with Gasteiger partial charge in [-0.1, -0.05) is 35.3 Å². The minimum atomic E-state index is 0.360. The van der Waals surface area contributed by atoms with Crippen molar-refractivity contribution in [3.8, 4) is 0 Å². The number of halogens is 2. The van der Waals surface area contributed by atoms with Crippen molar-refractivity contribution in [3.63, 3.8) is 0 Å². The largest absolute Gasteiger partial charge is 0.381 e. The Bertz CT molecular complexity index is 336. The van der Waals surface area contributed by atoms with E-state index in [1.54, 1.807) is 6.07 Å². The van der Waals surface area contributed by atoms with E-state index in [2.05, 4.69) is 18.8 Å². The quantitative estimate of drug-likeness (QED) is 0.736.